The molecule has 8 nitrogen and oxygen atoms in total. The number of nitrogens with two attached hydrogens (primary N) is 1. The molecule has 0 aliphatic carbocycles. The second-order valence-corrected chi connectivity index (χ2v) is 7.06. The van der Waals surface area contributed by atoms with Crippen LogP contribution in [0.15, 0.2) is 57.9 Å². The van der Waals surface area contributed by atoms with E-state index in [4.69, 9.17) is 14.9 Å². The number of nitrogens with zero attached hydrogens (tertiary/aromatic N) is 1. The number of amides is 2. The summed E-state index contributed by atoms with van der Waals surface area (Å²) in [4.78, 5) is 28.6. The minimum atomic E-state index is -0.540. The fourth-order valence-electron chi connectivity index (χ4n) is 3.28. The van der Waals surface area contributed by atoms with Crippen LogP contribution in [0.4, 0.5) is 5.69 Å². The second-order valence-electron chi connectivity index (χ2n) is 7.06. The van der Waals surface area contributed by atoms with Crippen molar-refractivity contribution in [3.8, 4) is 5.75 Å². The van der Waals surface area contributed by atoms with Gasteiger partial charge in [-0.15, -0.1) is 0 Å². The van der Waals surface area contributed by atoms with Gasteiger partial charge in [0.1, 0.15) is 16.9 Å². The summed E-state index contributed by atoms with van der Waals surface area (Å²) in [6.07, 6.45) is 1.90. The van der Waals surface area contributed by atoms with Crippen LogP contribution < -0.4 is 16.6 Å². The third kappa shape index (κ3) is 4.33. The van der Waals surface area contributed by atoms with E-state index in [1.165, 1.54) is 12.1 Å². The predicted molar refractivity (Wildman–Crippen MR) is 109 cm³/mol. The van der Waals surface area contributed by atoms with E-state index in [2.05, 4.69) is 10.3 Å². The largest absolute Gasteiger partial charge is 0.508 e. The lowest BCUT2D eigenvalue weighted by Gasteiger charge is -2.11. The Morgan fingerprint density at radius 2 is 1.97 bits per heavy atom. The standard InChI is InChI=1S/C22H21N3O5/c23-20(27)13-3-6-15(7-4-13)25-22-18(21(28)24-12-17-2-1-9-29-17)10-14-5-8-16(26)11-19(14)30-22/h3-8,10-11,17,26H,1-2,9,12H2,(H2,23,27)(H,24,28)/t17-/m0/s1. The zero-order valence-electron chi connectivity index (χ0n) is 16.1. The van der Waals surface area contributed by atoms with Gasteiger partial charge in [0.25, 0.3) is 5.91 Å². The van der Waals surface area contributed by atoms with Gasteiger partial charge in [0.15, 0.2) is 0 Å². The molecule has 8 heteroatoms. The van der Waals surface area contributed by atoms with Crippen molar-refractivity contribution in [3.63, 3.8) is 0 Å². The van der Waals surface area contributed by atoms with Crippen molar-refractivity contribution < 1.29 is 23.8 Å². The molecule has 0 spiro atoms. The predicted octanol–water partition coefficient (Wildman–Crippen LogP) is 2.38. The van der Waals surface area contributed by atoms with E-state index >= 15 is 0 Å². The molecule has 0 saturated carbocycles. The number of benzene rings is 2. The van der Waals surface area contributed by atoms with Crippen molar-refractivity contribution in [2.24, 2.45) is 10.7 Å². The van der Waals surface area contributed by atoms with Crippen LogP contribution in [0.5, 0.6) is 5.75 Å². The maximum absolute atomic E-state index is 12.9. The van der Waals surface area contributed by atoms with Crippen molar-refractivity contribution in [2.45, 2.75) is 18.9 Å². The molecule has 0 bridgehead atoms. The number of fused-ring (bicyclic) bond motifs is 1. The first-order chi connectivity index (χ1) is 14.5. The smallest absolute Gasteiger partial charge is 0.256 e. The molecule has 0 unspecified atom stereocenters. The van der Waals surface area contributed by atoms with Gasteiger partial charge in [-0.05, 0) is 55.3 Å². The molecule has 1 aliphatic heterocycles. The van der Waals surface area contributed by atoms with Crippen molar-refractivity contribution >= 4 is 28.5 Å². The highest BCUT2D eigenvalue weighted by Crippen LogP contribution is 2.20. The maximum Gasteiger partial charge on any atom is 0.256 e. The summed E-state index contributed by atoms with van der Waals surface area (Å²) in [5.41, 5.74) is 6.83. The Morgan fingerprint density at radius 1 is 1.17 bits per heavy atom. The fraction of sp³-hybridized carbons (Fsp3) is 0.227. The Kier molecular flexibility index (Phi) is 5.49. The molecular weight excluding hydrogens is 386 g/mol. The molecular formula is C22H21N3O5. The van der Waals surface area contributed by atoms with Crippen LogP contribution in [0.2, 0.25) is 0 Å². The molecule has 0 radical (unpaired) electrons. The molecule has 2 aromatic carbocycles. The Balaban J connectivity index is 1.73. The third-order valence-corrected chi connectivity index (χ3v) is 4.88. The average molecular weight is 407 g/mol. The number of primary amides is 1. The second kappa shape index (κ2) is 8.38. The van der Waals surface area contributed by atoms with Gasteiger partial charge in [-0.1, -0.05) is 0 Å². The van der Waals surface area contributed by atoms with Crippen molar-refractivity contribution in [2.75, 3.05) is 13.2 Å². The highest BCUT2D eigenvalue weighted by atomic mass is 16.5. The summed E-state index contributed by atoms with van der Waals surface area (Å²) >= 11 is 0. The van der Waals surface area contributed by atoms with Crippen LogP contribution in [0, 0.1) is 0 Å². The Hall–Kier alpha value is -3.65. The normalized spacial score (nSPS) is 16.7. The monoisotopic (exact) mass is 407 g/mol. The van der Waals surface area contributed by atoms with Crippen LogP contribution in [0.25, 0.3) is 11.0 Å². The fourth-order valence-corrected chi connectivity index (χ4v) is 3.28. The van der Waals surface area contributed by atoms with Crippen molar-refractivity contribution in [1.82, 2.24) is 5.32 Å². The van der Waals surface area contributed by atoms with Gasteiger partial charge in [0.2, 0.25) is 11.5 Å². The van der Waals surface area contributed by atoms with E-state index in [0.717, 1.165) is 12.8 Å². The minimum Gasteiger partial charge on any atom is -0.508 e. The van der Waals surface area contributed by atoms with E-state index in [1.807, 2.05) is 0 Å². The molecule has 1 aliphatic rings. The third-order valence-electron chi connectivity index (χ3n) is 4.88. The quantitative estimate of drug-likeness (QED) is 0.598. The summed E-state index contributed by atoms with van der Waals surface area (Å²) in [5, 5.41) is 13.3. The molecule has 4 rings (SSSR count). The number of aromatic hydroxyl groups is 1. The summed E-state index contributed by atoms with van der Waals surface area (Å²) < 4.78 is 11.4. The van der Waals surface area contributed by atoms with Gasteiger partial charge in [-0.2, -0.15) is 0 Å². The summed E-state index contributed by atoms with van der Waals surface area (Å²) in [6, 6.07) is 12.6. The number of carbonyl (C=O) groups excluding carboxylic acids is 2. The van der Waals surface area contributed by atoms with Crippen molar-refractivity contribution in [3.05, 3.63) is 65.2 Å². The molecule has 1 atom stereocenters. The van der Waals surface area contributed by atoms with Gasteiger partial charge < -0.3 is 25.3 Å². The lowest BCUT2D eigenvalue weighted by atomic mass is 10.1. The number of ether oxygens (including phenoxy) is 1. The van der Waals surface area contributed by atoms with Gasteiger partial charge >= 0.3 is 0 Å². The SMILES string of the molecule is NC(=O)c1ccc(N=c2oc3cc(O)ccc3cc2C(=O)NC[C@@H]2CCCO2)cc1. The van der Waals surface area contributed by atoms with Crippen LogP contribution in [-0.2, 0) is 4.74 Å². The number of nitrogens with one attached hydrogen (secondary N) is 1. The molecule has 1 aromatic heterocycles. The molecule has 1 saturated heterocycles. The number of hydrogen-bond acceptors (Lipinski definition) is 6. The molecule has 154 valence electrons. The maximum atomic E-state index is 12.9. The summed E-state index contributed by atoms with van der Waals surface area (Å²) in [5.74, 6) is -0.836. The summed E-state index contributed by atoms with van der Waals surface area (Å²) in [6.45, 7) is 1.11. The van der Waals surface area contributed by atoms with Crippen LogP contribution in [-0.4, -0.2) is 36.2 Å². The van der Waals surface area contributed by atoms with Gasteiger partial charge in [-0.25, -0.2) is 4.99 Å². The highest BCUT2D eigenvalue weighted by Gasteiger charge is 2.18. The Bertz CT molecular complexity index is 1160. The number of rotatable bonds is 5. The zero-order valence-corrected chi connectivity index (χ0v) is 16.1. The van der Waals surface area contributed by atoms with E-state index in [-0.39, 0.29) is 28.9 Å². The number of carbonyl (C=O) groups is 2. The number of phenols is 1. The highest BCUT2D eigenvalue weighted by molar-refractivity contribution is 5.96. The average Bonchev–Trinajstić information content (AvgIpc) is 3.25. The zero-order chi connectivity index (χ0) is 21.1. The first-order valence-corrected chi connectivity index (χ1v) is 9.61. The van der Waals surface area contributed by atoms with Crippen LogP contribution in [0.3, 0.4) is 0 Å². The van der Waals surface area contributed by atoms with E-state index in [1.54, 1.807) is 36.4 Å². The summed E-state index contributed by atoms with van der Waals surface area (Å²) in [7, 11) is 0. The first-order valence-electron chi connectivity index (χ1n) is 9.61. The Labute approximate surface area is 172 Å². The molecule has 1 fully saturated rings. The van der Waals surface area contributed by atoms with Crippen LogP contribution in [0.1, 0.15) is 33.6 Å². The molecule has 30 heavy (non-hydrogen) atoms. The lowest BCUT2D eigenvalue weighted by Crippen LogP contribution is -2.34. The molecule has 4 N–H and O–H groups in total. The van der Waals surface area contributed by atoms with Gasteiger partial charge in [0, 0.05) is 30.2 Å². The number of hydrogen-bond donors (Lipinski definition) is 3. The van der Waals surface area contributed by atoms with E-state index < -0.39 is 5.91 Å². The lowest BCUT2D eigenvalue weighted by molar-refractivity contribution is 0.0854. The molecule has 2 heterocycles. The molecule has 2 amide bonds. The van der Waals surface area contributed by atoms with E-state index in [0.29, 0.717) is 35.4 Å². The topological polar surface area (TPSA) is 127 Å². The first kappa shape index (κ1) is 19.7. The van der Waals surface area contributed by atoms with Gasteiger partial charge in [-0.3, -0.25) is 9.59 Å². The minimum absolute atomic E-state index is 0.00465. The number of phenolic OH excluding ortho intramolecular Hbond substituents is 1. The van der Waals surface area contributed by atoms with Gasteiger partial charge in [0.05, 0.1) is 11.8 Å². The molecule has 3 aromatic rings. The van der Waals surface area contributed by atoms with Crippen LogP contribution >= 0.6 is 0 Å². The van der Waals surface area contributed by atoms with E-state index in [9.17, 15) is 14.7 Å². The van der Waals surface area contributed by atoms with Crippen molar-refractivity contribution in [1.29, 1.82) is 0 Å². The Morgan fingerprint density at radius 3 is 2.67 bits per heavy atom.